The Morgan fingerprint density at radius 3 is 2.85 bits per heavy atom. The summed E-state index contributed by atoms with van der Waals surface area (Å²) in [6.07, 6.45) is 3.77. The van der Waals surface area contributed by atoms with Gasteiger partial charge in [0.15, 0.2) is 0 Å². The minimum atomic E-state index is 0.259. The number of para-hydroxylation sites is 1. The Labute approximate surface area is 158 Å². The van der Waals surface area contributed by atoms with Gasteiger partial charge < -0.3 is 10.3 Å². The lowest BCUT2D eigenvalue weighted by Gasteiger charge is -2.17. The lowest BCUT2D eigenvalue weighted by atomic mass is 9.96. The molecule has 0 radical (unpaired) electrons. The van der Waals surface area contributed by atoms with E-state index in [0.717, 1.165) is 22.6 Å². The van der Waals surface area contributed by atoms with Crippen LogP contribution in [0.1, 0.15) is 16.4 Å². The molecule has 1 atom stereocenters. The molecule has 2 N–H and O–H groups in total. The third kappa shape index (κ3) is 2.67. The normalized spacial score (nSPS) is 12.6. The fourth-order valence-corrected chi connectivity index (χ4v) is 4.94. The van der Waals surface area contributed by atoms with Crippen molar-refractivity contribution in [1.29, 1.82) is 0 Å². The summed E-state index contributed by atoms with van der Waals surface area (Å²) >= 11 is 3.43. The molecule has 26 heavy (non-hydrogen) atoms. The van der Waals surface area contributed by atoms with Crippen molar-refractivity contribution in [1.82, 2.24) is 15.0 Å². The van der Waals surface area contributed by atoms with E-state index < -0.39 is 0 Å². The first kappa shape index (κ1) is 15.5. The number of H-pyrrole nitrogens is 1. The zero-order valence-electron chi connectivity index (χ0n) is 13.8. The monoisotopic (exact) mass is 376 g/mol. The van der Waals surface area contributed by atoms with Crippen LogP contribution in [0.2, 0.25) is 0 Å². The number of aromatic amines is 1. The number of benzene rings is 1. The molecule has 4 nitrogen and oxygen atoms in total. The van der Waals surface area contributed by atoms with Crippen LogP contribution in [0.5, 0.6) is 0 Å². The first-order valence-electron chi connectivity index (χ1n) is 8.41. The second-order valence-corrected chi connectivity index (χ2v) is 7.97. The van der Waals surface area contributed by atoms with E-state index in [1.165, 1.54) is 21.3 Å². The Bertz CT molecular complexity index is 1160. The summed E-state index contributed by atoms with van der Waals surface area (Å²) in [6.45, 7) is 0.782. The van der Waals surface area contributed by atoms with Crippen molar-refractivity contribution in [3.63, 3.8) is 0 Å². The first-order chi connectivity index (χ1) is 12.9. The molecule has 0 bridgehead atoms. The van der Waals surface area contributed by atoms with Gasteiger partial charge in [0.05, 0.1) is 5.39 Å². The van der Waals surface area contributed by atoms with Crippen molar-refractivity contribution < 1.29 is 0 Å². The van der Waals surface area contributed by atoms with E-state index in [0.29, 0.717) is 0 Å². The van der Waals surface area contributed by atoms with Crippen LogP contribution in [0, 0.1) is 0 Å². The van der Waals surface area contributed by atoms with E-state index in [2.05, 4.69) is 79.7 Å². The predicted octanol–water partition coefficient (Wildman–Crippen LogP) is 5.48. The molecule has 0 saturated carbocycles. The van der Waals surface area contributed by atoms with Crippen molar-refractivity contribution in [2.45, 2.75) is 5.92 Å². The van der Waals surface area contributed by atoms with Crippen molar-refractivity contribution in [2.24, 2.45) is 0 Å². The van der Waals surface area contributed by atoms with Gasteiger partial charge in [-0.2, -0.15) is 0 Å². The van der Waals surface area contributed by atoms with Gasteiger partial charge in [-0.25, -0.2) is 9.97 Å². The van der Waals surface area contributed by atoms with E-state index in [-0.39, 0.29) is 5.92 Å². The predicted molar refractivity (Wildman–Crippen MR) is 110 cm³/mol. The van der Waals surface area contributed by atoms with Gasteiger partial charge >= 0.3 is 0 Å². The van der Waals surface area contributed by atoms with Crippen LogP contribution < -0.4 is 5.32 Å². The fraction of sp³-hybridized carbons (Fsp3) is 0.100. The number of nitrogens with zero attached hydrogens (tertiary/aromatic N) is 2. The number of nitrogens with one attached hydrogen (secondary N) is 2. The lowest BCUT2D eigenvalue weighted by Crippen LogP contribution is -2.14. The molecule has 1 aromatic carbocycles. The second kappa shape index (κ2) is 6.55. The molecule has 6 heteroatoms. The number of thiophene rings is 2. The van der Waals surface area contributed by atoms with Crippen LogP contribution >= 0.6 is 22.7 Å². The van der Waals surface area contributed by atoms with E-state index in [9.17, 15) is 0 Å². The Kier molecular flexibility index (Phi) is 3.92. The maximum absolute atomic E-state index is 4.46. The minimum absolute atomic E-state index is 0.259. The molecule has 0 spiro atoms. The van der Waals surface area contributed by atoms with Gasteiger partial charge in [0, 0.05) is 34.4 Å². The average Bonchev–Trinajstić information content (AvgIpc) is 3.43. The molecule has 0 aliphatic rings. The first-order valence-corrected chi connectivity index (χ1v) is 10.2. The summed E-state index contributed by atoms with van der Waals surface area (Å²) in [5.74, 6) is 1.16. The summed E-state index contributed by atoms with van der Waals surface area (Å²) in [5.41, 5.74) is 2.48. The number of aromatic nitrogens is 3. The van der Waals surface area contributed by atoms with Gasteiger partial charge in [-0.15, -0.1) is 22.7 Å². The molecular formula is C20H16N4S2. The highest BCUT2D eigenvalue weighted by Crippen LogP contribution is 2.34. The van der Waals surface area contributed by atoms with Gasteiger partial charge in [0.2, 0.25) is 0 Å². The number of rotatable bonds is 5. The third-order valence-electron chi connectivity index (χ3n) is 4.62. The Morgan fingerprint density at radius 1 is 0.962 bits per heavy atom. The van der Waals surface area contributed by atoms with Crippen LogP contribution in [-0.2, 0) is 0 Å². The highest BCUT2D eigenvalue weighted by Gasteiger charge is 2.19. The Hall–Kier alpha value is -2.70. The maximum Gasteiger partial charge on any atom is 0.138 e. The maximum atomic E-state index is 4.46. The fourth-order valence-electron chi connectivity index (χ4n) is 3.37. The molecule has 0 saturated heterocycles. The summed E-state index contributed by atoms with van der Waals surface area (Å²) in [7, 11) is 0. The van der Waals surface area contributed by atoms with E-state index in [1.54, 1.807) is 29.0 Å². The van der Waals surface area contributed by atoms with Gasteiger partial charge in [-0.3, -0.25) is 0 Å². The van der Waals surface area contributed by atoms with Crippen LogP contribution in [0.3, 0.4) is 0 Å². The summed E-state index contributed by atoms with van der Waals surface area (Å²) in [4.78, 5) is 14.6. The Balaban J connectivity index is 1.52. The summed E-state index contributed by atoms with van der Waals surface area (Å²) in [5, 5.41) is 10.1. The molecule has 0 amide bonds. The summed E-state index contributed by atoms with van der Waals surface area (Å²) < 4.78 is 0. The molecule has 0 unspecified atom stereocenters. The minimum Gasteiger partial charge on any atom is -0.368 e. The zero-order chi connectivity index (χ0) is 17.3. The molecular weight excluding hydrogens is 360 g/mol. The summed E-state index contributed by atoms with van der Waals surface area (Å²) in [6, 6.07) is 14.9. The van der Waals surface area contributed by atoms with Crippen LogP contribution in [0.4, 0.5) is 5.82 Å². The topological polar surface area (TPSA) is 53.6 Å². The standard InChI is InChI=1S/C20H16N4S2/c1-2-5-17-13(4-1)15(10-21-17)16(18-6-3-8-25-18)11-22-19-14-7-9-26-20(14)24-12-23-19/h1-10,12,16,21H,11H2,(H,22,23,24)/t16-/m0/s1. The molecule has 0 aliphatic carbocycles. The smallest absolute Gasteiger partial charge is 0.138 e. The molecule has 5 rings (SSSR count). The van der Waals surface area contributed by atoms with Crippen molar-refractivity contribution in [3.8, 4) is 0 Å². The van der Waals surface area contributed by atoms with Crippen LogP contribution in [-0.4, -0.2) is 21.5 Å². The highest BCUT2D eigenvalue weighted by atomic mass is 32.1. The Morgan fingerprint density at radius 2 is 1.92 bits per heavy atom. The molecule has 0 aliphatic heterocycles. The highest BCUT2D eigenvalue weighted by molar-refractivity contribution is 7.16. The number of hydrogen-bond donors (Lipinski definition) is 2. The van der Waals surface area contributed by atoms with Gasteiger partial charge in [-0.05, 0) is 34.5 Å². The molecule has 0 fully saturated rings. The van der Waals surface area contributed by atoms with Crippen molar-refractivity contribution in [2.75, 3.05) is 11.9 Å². The lowest BCUT2D eigenvalue weighted by molar-refractivity contribution is 0.875. The van der Waals surface area contributed by atoms with Gasteiger partial charge in [-0.1, -0.05) is 24.3 Å². The van der Waals surface area contributed by atoms with Gasteiger partial charge in [0.25, 0.3) is 0 Å². The molecule has 128 valence electrons. The van der Waals surface area contributed by atoms with E-state index >= 15 is 0 Å². The SMILES string of the molecule is c1csc([C@@H](CNc2ncnc3sccc23)c2c[nH]c3ccccc23)c1. The van der Waals surface area contributed by atoms with E-state index in [1.807, 2.05) is 0 Å². The molecule has 5 aromatic rings. The van der Waals surface area contributed by atoms with Crippen LogP contribution in [0.15, 0.2) is 65.7 Å². The second-order valence-electron chi connectivity index (χ2n) is 6.10. The van der Waals surface area contributed by atoms with Crippen LogP contribution in [0.25, 0.3) is 21.1 Å². The molecule has 4 heterocycles. The average molecular weight is 377 g/mol. The number of fused-ring (bicyclic) bond motifs is 2. The van der Waals surface area contributed by atoms with Crippen molar-refractivity contribution in [3.05, 3.63) is 76.2 Å². The van der Waals surface area contributed by atoms with Gasteiger partial charge in [0.1, 0.15) is 17.0 Å². The zero-order valence-corrected chi connectivity index (χ0v) is 15.5. The number of anilines is 1. The van der Waals surface area contributed by atoms with E-state index in [4.69, 9.17) is 0 Å². The van der Waals surface area contributed by atoms with Crippen molar-refractivity contribution >= 4 is 49.6 Å². The quantitative estimate of drug-likeness (QED) is 0.427. The molecule has 4 aromatic heterocycles. The largest absolute Gasteiger partial charge is 0.368 e. The third-order valence-corrected chi connectivity index (χ3v) is 6.43. The number of hydrogen-bond acceptors (Lipinski definition) is 5.